The number of sulfone groups is 1. The number of hydrogen-bond acceptors (Lipinski definition) is 7. The summed E-state index contributed by atoms with van der Waals surface area (Å²) in [5.74, 6) is -4.57. The fourth-order valence-electron chi connectivity index (χ4n) is 7.39. The van der Waals surface area contributed by atoms with E-state index in [1.165, 1.54) is 11.8 Å². The van der Waals surface area contributed by atoms with Crippen molar-refractivity contribution in [1.29, 1.82) is 0 Å². The number of rotatable bonds is 12. The summed E-state index contributed by atoms with van der Waals surface area (Å²) in [6.45, 7) is 15.5. The van der Waals surface area contributed by atoms with E-state index in [-0.39, 0.29) is 30.7 Å². The number of ketones is 1. The van der Waals surface area contributed by atoms with E-state index in [1.54, 1.807) is 41.5 Å². The molecular formula is C34H56F3N5O7S. The van der Waals surface area contributed by atoms with Crippen LogP contribution in [0.1, 0.15) is 107 Å². The lowest BCUT2D eigenvalue weighted by Crippen LogP contribution is -2.64. The monoisotopic (exact) mass is 735 g/mol. The van der Waals surface area contributed by atoms with Crippen molar-refractivity contribution in [2.24, 2.45) is 22.7 Å². The van der Waals surface area contributed by atoms with Crippen LogP contribution in [0.4, 0.5) is 18.0 Å². The normalized spacial score (nSPS) is 24.3. The first kappa shape index (κ1) is 41.5. The van der Waals surface area contributed by atoms with Crippen molar-refractivity contribution >= 4 is 39.4 Å². The molecule has 1 aliphatic heterocycles. The van der Waals surface area contributed by atoms with Crippen LogP contribution in [-0.4, -0.2) is 96.3 Å². The standard InChI is InChI=1S/C34H56F3N5O7S/c1-10-38-27(45)24(43)21(14-17-34(35,36)37)39-26(44)23-22-20(32(22,8)9)18-42(23)28(46)25(30(2,3)4)40-29(47)41-33(15-12-11-13-16-33)19-50(48,49)31(5,6)7/h20-23,25H,10-19H2,1-9H3,(H,38,45)(H,39,44)(H2,40,41,47)/t20-,21-,22-,23-,25+/m0/s1. The zero-order chi connectivity index (χ0) is 38.3. The Morgan fingerprint density at radius 2 is 1.50 bits per heavy atom. The molecule has 2 aliphatic carbocycles. The van der Waals surface area contributed by atoms with E-state index in [1.807, 2.05) is 13.8 Å². The SMILES string of the molecule is CCNC(=O)C(=O)[C@H](CCC(F)(F)F)NC(=O)[C@@H]1[C@@H]2[C@H](CN1C(=O)[C@@H](NC(=O)NC1(CS(=O)(=O)C(C)(C)C)CCCCC1)C(C)(C)C)C2(C)C. The third-order valence-electron chi connectivity index (χ3n) is 10.6. The van der Waals surface area contributed by atoms with Crippen molar-refractivity contribution in [3.05, 3.63) is 0 Å². The average Bonchev–Trinajstić information content (AvgIpc) is 3.28. The summed E-state index contributed by atoms with van der Waals surface area (Å²) in [5, 5.41) is 10.3. The Morgan fingerprint density at radius 1 is 0.920 bits per heavy atom. The summed E-state index contributed by atoms with van der Waals surface area (Å²) in [7, 11) is -3.63. The number of alkyl halides is 3. The molecule has 1 saturated heterocycles. The predicted octanol–water partition coefficient (Wildman–Crippen LogP) is 3.63. The fourth-order valence-corrected chi connectivity index (χ4v) is 8.91. The molecule has 3 fully saturated rings. The number of amides is 5. The van der Waals surface area contributed by atoms with E-state index in [0.717, 1.165) is 19.3 Å². The fraction of sp³-hybridized carbons (Fsp3) is 0.853. The molecule has 0 aromatic heterocycles. The lowest BCUT2D eigenvalue weighted by Gasteiger charge is -2.41. The molecule has 286 valence electrons. The third-order valence-corrected chi connectivity index (χ3v) is 13.4. The van der Waals surface area contributed by atoms with Gasteiger partial charge in [-0.2, -0.15) is 13.2 Å². The molecule has 0 spiro atoms. The molecule has 1 heterocycles. The Morgan fingerprint density at radius 3 is 2.00 bits per heavy atom. The van der Waals surface area contributed by atoms with Gasteiger partial charge in [0.15, 0.2) is 9.84 Å². The molecule has 3 rings (SSSR count). The number of urea groups is 1. The lowest BCUT2D eigenvalue weighted by atomic mass is 9.83. The number of nitrogens with one attached hydrogen (secondary N) is 4. The van der Waals surface area contributed by atoms with Crippen molar-refractivity contribution in [2.75, 3.05) is 18.8 Å². The maximum atomic E-state index is 14.3. The number of fused-ring (bicyclic) bond motifs is 1. The maximum absolute atomic E-state index is 14.3. The van der Waals surface area contributed by atoms with E-state index >= 15 is 0 Å². The number of likely N-dealkylation sites (N-methyl/N-ethyl adjacent to an activating group) is 1. The topological polar surface area (TPSA) is 171 Å². The van der Waals surface area contributed by atoms with E-state index in [4.69, 9.17) is 0 Å². The molecule has 50 heavy (non-hydrogen) atoms. The van der Waals surface area contributed by atoms with Crippen molar-refractivity contribution in [1.82, 2.24) is 26.2 Å². The van der Waals surface area contributed by atoms with Crippen LogP contribution in [0.2, 0.25) is 0 Å². The van der Waals surface area contributed by atoms with Gasteiger partial charge in [-0.3, -0.25) is 19.2 Å². The van der Waals surface area contributed by atoms with Gasteiger partial charge >= 0.3 is 12.2 Å². The molecule has 0 aromatic carbocycles. The molecule has 0 unspecified atom stereocenters. The molecule has 3 aliphatic rings. The number of nitrogens with zero attached hydrogens (tertiary/aromatic N) is 1. The van der Waals surface area contributed by atoms with E-state index in [0.29, 0.717) is 12.8 Å². The summed E-state index contributed by atoms with van der Waals surface area (Å²) in [6, 6.07) is -4.85. The van der Waals surface area contributed by atoms with Crippen molar-refractivity contribution in [3.63, 3.8) is 0 Å². The highest BCUT2D eigenvalue weighted by atomic mass is 32.2. The minimum atomic E-state index is -4.65. The molecule has 5 amide bonds. The largest absolute Gasteiger partial charge is 0.389 e. The number of halogens is 3. The van der Waals surface area contributed by atoms with E-state index < -0.39 is 97.6 Å². The van der Waals surface area contributed by atoms with Gasteiger partial charge in [0.1, 0.15) is 12.1 Å². The van der Waals surface area contributed by atoms with Crippen molar-refractivity contribution < 1.29 is 45.6 Å². The zero-order valence-corrected chi connectivity index (χ0v) is 31.6. The highest BCUT2D eigenvalue weighted by Gasteiger charge is 2.70. The second-order valence-electron chi connectivity index (χ2n) is 16.9. The van der Waals surface area contributed by atoms with Crippen LogP contribution in [0, 0.1) is 22.7 Å². The number of hydrogen-bond donors (Lipinski definition) is 4. The molecule has 12 nitrogen and oxygen atoms in total. The first-order chi connectivity index (χ1) is 22.7. The number of carbonyl (C=O) groups excluding carboxylic acids is 5. The predicted molar refractivity (Wildman–Crippen MR) is 181 cm³/mol. The lowest BCUT2D eigenvalue weighted by molar-refractivity contribution is -0.148. The summed E-state index contributed by atoms with van der Waals surface area (Å²) < 4.78 is 65.0. The molecular weight excluding hydrogens is 679 g/mol. The van der Waals surface area contributed by atoms with Gasteiger partial charge in [0.2, 0.25) is 17.6 Å². The van der Waals surface area contributed by atoms with Gasteiger partial charge in [-0.1, -0.05) is 53.9 Å². The Hall–Kier alpha value is -2.91. The van der Waals surface area contributed by atoms with Gasteiger partial charge in [-0.25, -0.2) is 13.2 Å². The van der Waals surface area contributed by atoms with Crippen LogP contribution < -0.4 is 21.3 Å². The first-order valence-electron chi connectivity index (χ1n) is 17.5. The van der Waals surface area contributed by atoms with Crippen LogP contribution >= 0.6 is 0 Å². The number of likely N-dealkylation sites (tertiary alicyclic amines) is 1. The van der Waals surface area contributed by atoms with Crippen molar-refractivity contribution in [3.8, 4) is 0 Å². The van der Waals surface area contributed by atoms with Crippen LogP contribution in [0.5, 0.6) is 0 Å². The maximum Gasteiger partial charge on any atom is 0.389 e. The summed E-state index contributed by atoms with van der Waals surface area (Å²) in [6.07, 6.45) is -3.70. The number of Topliss-reactive ketones (excluding diaryl/α,β-unsaturated/α-hetero) is 1. The summed E-state index contributed by atoms with van der Waals surface area (Å²) >= 11 is 0. The average molecular weight is 736 g/mol. The Labute approximate surface area is 294 Å². The van der Waals surface area contributed by atoms with Gasteiger partial charge in [0.25, 0.3) is 5.91 Å². The highest BCUT2D eigenvalue weighted by Crippen LogP contribution is 2.65. The van der Waals surface area contributed by atoms with Gasteiger partial charge in [-0.05, 0) is 69.6 Å². The van der Waals surface area contributed by atoms with Gasteiger partial charge in [-0.15, -0.1) is 0 Å². The summed E-state index contributed by atoms with van der Waals surface area (Å²) in [4.78, 5) is 68.4. The molecule has 0 aromatic rings. The minimum absolute atomic E-state index is 0.0512. The quantitative estimate of drug-likeness (QED) is 0.222. The Kier molecular flexibility index (Phi) is 12.1. The second-order valence-corrected chi connectivity index (χ2v) is 19.7. The van der Waals surface area contributed by atoms with Crippen LogP contribution in [0.15, 0.2) is 0 Å². The molecule has 0 bridgehead atoms. The third kappa shape index (κ3) is 9.49. The van der Waals surface area contributed by atoms with Crippen LogP contribution in [0.3, 0.4) is 0 Å². The Bertz CT molecular complexity index is 1430. The van der Waals surface area contributed by atoms with Gasteiger partial charge in [0.05, 0.1) is 22.1 Å². The Balaban J connectivity index is 1.88. The van der Waals surface area contributed by atoms with Gasteiger partial charge in [0, 0.05) is 19.5 Å². The zero-order valence-electron chi connectivity index (χ0n) is 30.8. The molecule has 5 atom stereocenters. The van der Waals surface area contributed by atoms with Crippen LogP contribution in [-0.2, 0) is 29.0 Å². The molecule has 4 N–H and O–H groups in total. The van der Waals surface area contributed by atoms with Crippen molar-refractivity contribution in [2.45, 2.75) is 142 Å². The smallest absolute Gasteiger partial charge is 0.350 e. The first-order valence-corrected chi connectivity index (χ1v) is 19.1. The number of piperidine rings is 1. The van der Waals surface area contributed by atoms with E-state index in [2.05, 4.69) is 21.3 Å². The van der Waals surface area contributed by atoms with E-state index in [9.17, 15) is 45.6 Å². The van der Waals surface area contributed by atoms with Gasteiger partial charge < -0.3 is 26.2 Å². The highest BCUT2D eigenvalue weighted by molar-refractivity contribution is 7.92. The minimum Gasteiger partial charge on any atom is -0.350 e. The number of carbonyl (C=O) groups is 5. The second kappa shape index (κ2) is 14.6. The summed E-state index contributed by atoms with van der Waals surface area (Å²) in [5.41, 5.74) is -2.32. The molecule has 2 saturated carbocycles. The molecule has 0 radical (unpaired) electrons. The molecule has 16 heteroatoms. The van der Waals surface area contributed by atoms with Crippen LogP contribution in [0.25, 0.3) is 0 Å².